The quantitative estimate of drug-likeness (QED) is 0.676. The summed E-state index contributed by atoms with van der Waals surface area (Å²) in [6.07, 6.45) is 3.87. The van der Waals surface area contributed by atoms with E-state index < -0.39 is 6.04 Å². The third-order valence-corrected chi connectivity index (χ3v) is 2.47. The Hall–Kier alpha value is -1.82. The molecule has 0 aromatic carbocycles. The summed E-state index contributed by atoms with van der Waals surface area (Å²) in [5.41, 5.74) is 5.60. The number of likely N-dealkylation sites (tertiary alicyclic amines) is 1. The average molecular weight is 220 g/mol. The summed E-state index contributed by atoms with van der Waals surface area (Å²) < 4.78 is 0. The van der Waals surface area contributed by atoms with Crippen molar-refractivity contribution in [1.82, 2.24) is 14.9 Å². The lowest BCUT2D eigenvalue weighted by Gasteiger charge is -2.27. The van der Waals surface area contributed by atoms with Gasteiger partial charge in [-0.05, 0) is 12.5 Å². The molecule has 2 N–H and O–H groups in total. The minimum Gasteiger partial charge on any atom is -0.320 e. The van der Waals surface area contributed by atoms with Crippen LogP contribution in [0.5, 0.6) is 0 Å². The fourth-order valence-corrected chi connectivity index (χ4v) is 1.58. The number of amides is 2. The van der Waals surface area contributed by atoms with E-state index in [9.17, 15) is 9.59 Å². The molecule has 84 valence electrons. The van der Waals surface area contributed by atoms with Crippen molar-refractivity contribution in [2.24, 2.45) is 5.73 Å². The summed E-state index contributed by atoms with van der Waals surface area (Å²) in [6.45, 7) is 0.103. The molecule has 1 fully saturated rings. The fraction of sp³-hybridized carbons (Fsp3) is 0.400. The second-order valence-electron chi connectivity index (χ2n) is 3.63. The molecule has 0 aliphatic carbocycles. The maximum atomic E-state index is 11.7. The normalized spacial score (nSPS) is 21.3. The number of carbonyl (C=O) groups excluding carboxylic acids is 2. The summed E-state index contributed by atoms with van der Waals surface area (Å²) in [4.78, 5) is 32.3. The van der Waals surface area contributed by atoms with E-state index >= 15 is 0 Å². The van der Waals surface area contributed by atoms with Crippen molar-refractivity contribution < 1.29 is 9.59 Å². The number of aromatic nitrogens is 2. The lowest BCUT2D eigenvalue weighted by molar-refractivity contribution is -0.150. The zero-order valence-corrected chi connectivity index (χ0v) is 8.67. The Kier molecular flexibility index (Phi) is 2.91. The van der Waals surface area contributed by atoms with Crippen molar-refractivity contribution in [3.63, 3.8) is 0 Å². The van der Waals surface area contributed by atoms with Gasteiger partial charge < -0.3 is 5.73 Å². The van der Waals surface area contributed by atoms with Crippen LogP contribution in [0.1, 0.15) is 18.7 Å². The summed E-state index contributed by atoms with van der Waals surface area (Å²) >= 11 is 0. The summed E-state index contributed by atoms with van der Waals surface area (Å²) in [5.74, 6) is -0.110. The van der Waals surface area contributed by atoms with Crippen LogP contribution < -0.4 is 5.73 Å². The van der Waals surface area contributed by atoms with E-state index in [2.05, 4.69) is 9.97 Å². The summed E-state index contributed by atoms with van der Waals surface area (Å²) in [6, 6.07) is 1.09. The number of nitrogens with two attached hydrogens (primary N) is 1. The van der Waals surface area contributed by atoms with Gasteiger partial charge in [-0.2, -0.15) is 0 Å². The first kappa shape index (κ1) is 10.7. The van der Waals surface area contributed by atoms with Gasteiger partial charge in [0.05, 0.1) is 12.6 Å². The van der Waals surface area contributed by atoms with E-state index in [1.165, 1.54) is 0 Å². The third-order valence-electron chi connectivity index (χ3n) is 2.47. The highest BCUT2D eigenvalue weighted by Crippen LogP contribution is 2.13. The first-order chi connectivity index (χ1) is 7.68. The highest BCUT2D eigenvalue weighted by Gasteiger charge is 2.32. The molecular formula is C10H12N4O2. The Bertz CT molecular complexity index is 407. The molecule has 0 radical (unpaired) electrons. The largest absolute Gasteiger partial charge is 0.320 e. The minimum absolute atomic E-state index is 0.103. The van der Waals surface area contributed by atoms with Crippen LogP contribution in [0.15, 0.2) is 18.5 Å². The van der Waals surface area contributed by atoms with E-state index in [-0.39, 0.29) is 18.4 Å². The Morgan fingerprint density at radius 1 is 1.38 bits per heavy atom. The van der Waals surface area contributed by atoms with Crippen molar-refractivity contribution in [2.45, 2.75) is 25.4 Å². The van der Waals surface area contributed by atoms with Crippen molar-refractivity contribution in [1.29, 1.82) is 0 Å². The number of nitrogens with zero attached hydrogens (tertiary/aromatic N) is 3. The molecule has 0 bridgehead atoms. The zero-order valence-electron chi connectivity index (χ0n) is 8.67. The van der Waals surface area contributed by atoms with Gasteiger partial charge in [0.2, 0.25) is 11.8 Å². The predicted octanol–water partition coefficient (Wildman–Crippen LogP) is -0.547. The average Bonchev–Trinajstić information content (AvgIpc) is 2.31. The molecule has 1 aromatic heterocycles. The topological polar surface area (TPSA) is 89.2 Å². The molecule has 1 aromatic rings. The molecule has 1 atom stereocenters. The molecule has 1 saturated heterocycles. The van der Waals surface area contributed by atoms with Crippen LogP contribution in [0.2, 0.25) is 0 Å². The number of hydrogen-bond donors (Lipinski definition) is 1. The molecular weight excluding hydrogens is 208 g/mol. The van der Waals surface area contributed by atoms with Crippen LogP contribution >= 0.6 is 0 Å². The van der Waals surface area contributed by atoms with E-state index in [4.69, 9.17) is 5.73 Å². The lowest BCUT2D eigenvalue weighted by Crippen LogP contribution is -2.50. The third kappa shape index (κ3) is 2.06. The van der Waals surface area contributed by atoms with E-state index in [1.807, 2.05) is 0 Å². The lowest BCUT2D eigenvalue weighted by atomic mass is 10.1. The van der Waals surface area contributed by atoms with Gasteiger partial charge in [0, 0.05) is 18.8 Å². The van der Waals surface area contributed by atoms with Crippen molar-refractivity contribution >= 4 is 11.8 Å². The predicted molar refractivity (Wildman–Crippen MR) is 54.8 cm³/mol. The number of hydrogen-bond acceptors (Lipinski definition) is 5. The molecule has 2 amide bonds. The molecule has 2 rings (SSSR count). The van der Waals surface area contributed by atoms with Crippen molar-refractivity contribution in [2.75, 3.05) is 0 Å². The van der Waals surface area contributed by atoms with Crippen molar-refractivity contribution in [3.8, 4) is 0 Å². The van der Waals surface area contributed by atoms with Crippen LogP contribution in [0.25, 0.3) is 0 Å². The van der Waals surface area contributed by atoms with E-state index in [0.717, 1.165) is 4.90 Å². The second kappa shape index (κ2) is 4.36. The van der Waals surface area contributed by atoms with E-state index in [1.54, 1.807) is 18.5 Å². The summed E-state index contributed by atoms with van der Waals surface area (Å²) in [7, 11) is 0. The molecule has 2 heterocycles. The van der Waals surface area contributed by atoms with Crippen LogP contribution in [-0.2, 0) is 16.1 Å². The molecule has 0 saturated carbocycles. The minimum atomic E-state index is -0.582. The monoisotopic (exact) mass is 220 g/mol. The van der Waals surface area contributed by atoms with Gasteiger partial charge in [-0.25, -0.2) is 9.97 Å². The SMILES string of the molecule is NC1CCC(=O)N(Cc2ncccn2)C1=O. The van der Waals surface area contributed by atoms with Crippen LogP contribution in [-0.4, -0.2) is 32.7 Å². The summed E-state index contributed by atoms with van der Waals surface area (Å²) in [5, 5.41) is 0. The maximum absolute atomic E-state index is 11.7. The molecule has 1 aliphatic rings. The molecule has 6 nitrogen and oxygen atoms in total. The van der Waals surface area contributed by atoms with Crippen LogP contribution in [0.3, 0.4) is 0 Å². The van der Waals surface area contributed by atoms with Crippen LogP contribution in [0.4, 0.5) is 0 Å². The maximum Gasteiger partial charge on any atom is 0.246 e. The Balaban J connectivity index is 2.13. The Morgan fingerprint density at radius 3 is 2.75 bits per heavy atom. The molecule has 0 spiro atoms. The highest BCUT2D eigenvalue weighted by atomic mass is 16.2. The zero-order chi connectivity index (χ0) is 11.5. The molecule has 1 aliphatic heterocycles. The van der Waals surface area contributed by atoms with Gasteiger partial charge in [0.1, 0.15) is 5.82 Å². The van der Waals surface area contributed by atoms with E-state index in [0.29, 0.717) is 18.7 Å². The van der Waals surface area contributed by atoms with Crippen molar-refractivity contribution in [3.05, 3.63) is 24.3 Å². The molecule has 1 unspecified atom stereocenters. The van der Waals surface area contributed by atoms with Gasteiger partial charge in [-0.1, -0.05) is 0 Å². The van der Waals surface area contributed by atoms with Gasteiger partial charge in [-0.15, -0.1) is 0 Å². The highest BCUT2D eigenvalue weighted by molar-refractivity contribution is 6.00. The molecule has 16 heavy (non-hydrogen) atoms. The first-order valence-corrected chi connectivity index (χ1v) is 5.04. The number of imide groups is 1. The fourth-order valence-electron chi connectivity index (χ4n) is 1.58. The van der Waals surface area contributed by atoms with Crippen LogP contribution in [0, 0.1) is 0 Å². The Morgan fingerprint density at radius 2 is 2.06 bits per heavy atom. The first-order valence-electron chi connectivity index (χ1n) is 5.04. The number of piperidine rings is 1. The van der Waals surface area contributed by atoms with Gasteiger partial charge in [0.15, 0.2) is 0 Å². The Labute approximate surface area is 92.5 Å². The molecule has 6 heteroatoms. The van der Waals surface area contributed by atoms with Gasteiger partial charge in [-0.3, -0.25) is 14.5 Å². The number of rotatable bonds is 2. The number of carbonyl (C=O) groups is 2. The van der Waals surface area contributed by atoms with Gasteiger partial charge in [0.25, 0.3) is 0 Å². The standard InChI is InChI=1S/C10H12N4O2/c11-7-2-3-9(15)14(10(7)16)6-8-12-4-1-5-13-8/h1,4-5,7H,2-3,6,11H2. The van der Waals surface area contributed by atoms with Gasteiger partial charge >= 0.3 is 0 Å². The smallest absolute Gasteiger partial charge is 0.246 e. The second-order valence-corrected chi connectivity index (χ2v) is 3.63.